The molecule has 2 atom stereocenters. The second kappa shape index (κ2) is 3.85. The topological polar surface area (TPSA) is 6.25 Å². The van der Waals surface area contributed by atoms with Crippen molar-refractivity contribution in [2.75, 3.05) is 19.0 Å². The number of hydrogen-bond acceptors (Lipinski definition) is 1. The highest BCUT2D eigenvalue weighted by atomic mass is 19.4. The number of hydrogen-bond donors (Lipinski definition) is 0. The Hall–Kier alpha value is -1.78. The molecule has 0 saturated heterocycles. The molecule has 0 saturated carbocycles. The van der Waals surface area contributed by atoms with Crippen LogP contribution >= 0.6 is 0 Å². The summed E-state index contributed by atoms with van der Waals surface area (Å²) in [6, 6.07) is 7.76. The first-order valence-electron chi connectivity index (χ1n) is 6.08. The summed E-state index contributed by atoms with van der Waals surface area (Å²) < 4.78 is 40.2. The first kappa shape index (κ1) is 12.3. The minimum absolute atomic E-state index is 0.0164. The van der Waals surface area contributed by atoms with E-state index < -0.39 is 11.9 Å². The minimum atomic E-state index is -4.31. The van der Waals surface area contributed by atoms with Crippen LogP contribution in [0.1, 0.15) is 11.5 Å². The number of likely N-dealkylation sites (N-methyl/N-ethyl adjacent to an activating group) is 2. The Labute approximate surface area is 109 Å². The number of anilines is 1. The molecule has 0 radical (unpaired) electrons. The van der Waals surface area contributed by atoms with Crippen LogP contribution in [-0.4, -0.2) is 36.7 Å². The lowest BCUT2D eigenvalue weighted by atomic mass is 9.95. The standard InChI is InChI=1S/C14H14F3N2/c1-18-11-6-4-3-5-9(11)10-7-8-12(14(15,16)17)19(2)13(10)18/h3-8,10,13H,1-2H3/q+1. The maximum atomic E-state index is 13.0. The van der Waals surface area contributed by atoms with E-state index in [0.29, 0.717) is 0 Å². The predicted molar refractivity (Wildman–Crippen MR) is 67.8 cm³/mol. The van der Waals surface area contributed by atoms with E-state index in [-0.39, 0.29) is 12.1 Å². The largest absolute Gasteiger partial charge is 0.477 e. The fourth-order valence-corrected chi connectivity index (χ4v) is 3.09. The molecule has 0 fully saturated rings. The lowest BCUT2D eigenvalue weighted by Crippen LogP contribution is -2.46. The zero-order chi connectivity index (χ0) is 13.8. The molecule has 2 heterocycles. The average molecular weight is 267 g/mol. The van der Waals surface area contributed by atoms with Crippen LogP contribution < -0.4 is 4.90 Å². The molecular weight excluding hydrogens is 253 g/mol. The van der Waals surface area contributed by atoms with Gasteiger partial charge in [-0.1, -0.05) is 24.3 Å². The molecule has 2 unspecified atom stereocenters. The number of halogens is 3. The second-order valence-corrected chi connectivity index (χ2v) is 4.96. The number of para-hydroxylation sites is 1. The molecule has 0 N–H and O–H groups in total. The van der Waals surface area contributed by atoms with Crippen molar-refractivity contribution in [1.29, 1.82) is 0 Å². The van der Waals surface area contributed by atoms with Gasteiger partial charge in [0.25, 0.3) is 5.71 Å². The SMILES string of the molecule is CN1c2ccccc2C2C=CC(C(F)(F)F)=[N+](C)C21. The summed E-state index contributed by atoms with van der Waals surface area (Å²) in [7, 11) is 3.35. The Kier molecular flexibility index (Phi) is 2.49. The molecule has 2 aliphatic rings. The number of rotatable bonds is 0. The minimum Gasteiger partial charge on any atom is -0.317 e. The molecule has 0 bridgehead atoms. The fraction of sp³-hybridized carbons (Fsp3) is 0.357. The Morgan fingerprint density at radius 3 is 2.58 bits per heavy atom. The first-order valence-corrected chi connectivity index (χ1v) is 6.08. The summed E-state index contributed by atoms with van der Waals surface area (Å²) in [6.07, 6.45) is -1.77. The van der Waals surface area contributed by atoms with Crippen LogP contribution in [0.25, 0.3) is 0 Å². The van der Waals surface area contributed by atoms with Crippen molar-refractivity contribution in [3.63, 3.8) is 0 Å². The third-order valence-corrected chi connectivity index (χ3v) is 3.92. The highest BCUT2D eigenvalue weighted by molar-refractivity contribution is 5.96. The normalized spacial score (nSPS) is 25.6. The van der Waals surface area contributed by atoms with Crippen molar-refractivity contribution in [2.45, 2.75) is 18.3 Å². The molecule has 1 aromatic rings. The van der Waals surface area contributed by atoms with Crippen LogP contribution in [0.5, 0.6) is 0 Å². The molecule has 19 heavy (non-hydrogen) atoms. The molecule has 0 aliphatic carbocycles. The van der Waals surface area contributed by atoms with Gasteiger partial charge in [-0.2, -0.15) is 13.2 Å². The van der Waals surface area contributed by atoms with Crippen molar-refractivity contribution in [3.05, 3.63) is 42.0 Å². The zero-order valence-corrected chi connectivity index (χ0v) is 10.6. The summed E-state index contributed by atoms with van der Waals surface area (Å²) in [6.45, 7) is 0. The Morgan fingerprint density at radius 2 is 1.89 bits per heavy atom. The van der Waals surface area contributed by atoms with E-state index in [1.54, 1.807) is 6.08 Å². The quantitative estimate of drug-likeness (QED) is 0.655. The van der Waals surface area contributed by atoms with Crippen LogP contribution in [0.4, 0.5) is 18.9 Å². The third-order valence-electron chi connectivity index (χ3n) is 3.92. The summed E-state index contributed by atoms with van der Waals surface area (Å²) >= 11 is 0. The molecule has 0 spiro atoms. The van der Waals surface area contributed by atoms with Gasteiger partial charge < -0.3 is 4.90 Å². The number of alkyl halides is 3. The highest BCUT2D eigenvalue weighted by Gasteiger charge is 2.50. The van der Waals surface area contributed by atoms with Crippen molar-refractivity contribution in [1.82, 2.24) is 0 Å². The smallest absolute Gasteiger partial charge is 0.317 e. The van der Waals surface area contributed by atoms with Crippen LogP contribution in [0.3, 0.4) is 0 Å². The molecule has 2 nitrogen and oxygen atoms in total. The third kappa shape index (κ3) is 1.68. The highest BCUT2D eigenvalue weighted by Crippen LogP contribution is 2.42. The number of fused-ring (bicyclic) bond motifs is 3. The molecule has 0 amide bonds. The van der Waals surface area contributed by atoms with Gasteiger partial charge >= 0.3 is 6.18 Å². The molecule has 100 valence electrons. The molecule has 1 aromatic carbocycles. The number of allylic oxidation sites excluding steroid dienone is 1. The van der Waals surface area contributed by atoms with Crippen LogP contribution in [0, 0.1) is 0 Å². The summed E-state index contributed by atoms with van der Waals surface area (Å²) in [4.78, 5) is 1.91. The van der Waals surface area contributed by atoms with Gasteiger partial charge in [0.1, 0.15) is 7.05 Å². The van der Waals surface area contributed by atoms with E-state index in [4.69, 9.17) is 0 Å². The first-order chi connectivity index (χ1) is 8.91. The second-order valence-electron chi connectivity index (χ2n) is 4.96. The Bertz CT molecular complexity index is 587. The Morgan fingerprint density at radius 1 is 1.21 bits per heavy atom. The molecular formula is C14H14F3N2+. The van der Waals surface area contributed by atoms with Gasteiger partial charge in [-0.05, 0) is 11.6 Å². The average Bonchev–Trinajstić information content (AvgIpc) is 2.64. The van der Waals surface area contributed by atoms with Crippen LogP contribution in [0.2, 0.25) is 0 Å². The number of nitrogens with zero attached hydrogens (tertiary/aromatic N) is 2. The maximum absolute atomic E-state index is 13.0. The molecule has 2 aliphatic heterocycles. The van der Waals surface area contributed by atoms with Gasteiger partial charge in [-0.15, -0.1) is 0 Å². The van der Waals surface area contributed by atoms with Crippen molar-refractivity contribution < 1.29 is 17.7 Å². The van der Waals surface area contributed by atoms with Crippen LogP contribution in [-0.2, 0) is 0 Å². The van der Waals surface area contributed by atoms with Gasteiger partial charge in [0.2, 0.25) is 6.17 Å². The van der Waals surface area contributed by atoms with E-state index >= 15 is 0 Å². The maximum Gasteiger partial charge on any atom is 0.477 e. The predicted octanol–water partition coefficient (Wildman–Crippen LogP) is 2.76. The van der Waals surface area contributed by atoms with Crippen molar-refractivity contribution in [3.8, 4) is 0 Å². The van der Waals surface area contributed by atoms with E-state index in [9.17, 15) is 13.2 Å². The van der Waals surface area contributed by atoms with Crippen molar-refractivity contribution >= 4 is 11.4 Å². The Balaban J connectivity index is 2.11. The summed E-state index contributed by atoms with van der Waals surface area (Å²) in [5.41, 5.74) is 1.49. The van der Waals surface area contributed by atoms with Gasteiger partial charge in [0.15, 0.2) is 0 Å². The zero-order valence-electron chi connectivity index (χ0n) is 10.6. The monoisotopic (exact) mass is 267 g/mol. The van der Waals surface area contributed by atoms with E-state index in [1.807, 2.05) is 36.2 Å². The molecule has 0 aromatic heterocycles. The van der Waals surface area contributed by atoms with Gasteiger partial charge in [0.05, 0.1) is 5.92 Å². The van der Waals surface area contributed by atoms with E-state index in [2.05, 4.69) is 0 Å². The lowest BCUT2D eigenvalue weighted by molar-refractivity contribution is -0.545. The van der Waals surface area contributed by atoms with Crippen molar-refractivity contribution in [2.24, 2.45) is 0 Å². The molecule has 5 heteroatoms. The number of benzene rings is 1. The fourth-order valence-electron chi connectivity index (χ4n) is 3.09. The van der Waals surface area contributed by atoms with E-state index in [1.165, 1.54) is 17.7 Å². The summed E-state index contributed by atoms with van der Waals surface area (Å²) in [5, 5.41) is 0. The van der Waals surface area contributed by atoms with Gasteiger partial charge in [-0.25, -0.2) is 4.58 Å². The summed E-state index contributed by atoms with van der Waals surface area (Å²) in [5.74, 6) is -0.0164. The lowest BCUT2D eigenvalue weighted by Gasteiger charge is -2.25. The molecule has 3 rings (SSSR count). The van der Waals surface area contributed by atoms with Gasteiger partial charge in [-0.3, -0.25) is 0 Å². The van der Waals surface area contributed by atoms with E-state index in [0.717, 1.165) is 11.3 Å². The van der Waals surface area contributed by atoms with Crippen LogP contribution in [0.15, 0.2) is 36.4 Å². The van der Waals surface area contributed by atoms with Gasteiger partial charge in [0, 0.05) is 18.8 Å².